The maximum Gasteiger partial charge on any atom is 0.248 e. The number of aliphatic imine (C=N–C) groups is 1. The first-order valence-corrected chi connectivity index (χ1v) is 12.0. The Hall–Kier alpha value is -3.16. The van der Waals surface area contributed by atoms with E-state index in [0.717, 1.165) is 34.5 Å². The smallest absolute Gasteiger partial charge is 0.248 e. The molecule has 3 aromatic rings. The Bertz CT molecular complexity index is 1320. The molecule has 178 valence electrons. The van der Waals surface area contributed by atoms with E-state index in [0.29, 0.717) is 17.7 Å². The number of allylic oxidation sites excluding steroid dienone is 1. The Morgan fingerprint density at radius 1 is 1.24 bits per heavy atom. The predicted octanol–water partition coefficient (Wildman–Crippen LogP) is 6.21. The quantitative estimate of drug-likeness (QED) is 0.456. The van der Waals surface area contributed by atoms with Crippen molar-refractivity contribution in [3.05, 3.63) is 48.4 Å². The molecule has 3 aliphatic rings. The summed E-state index contributed by atoms with van der Waals surface area (Å²) < 4.78 is 29.2. The van der Waals surface area contributed by atoms with Crippen LogP contribution in [0.4, 0.5) is 20.5 Å². The number of hydrogen-bond donors (Lipinski definition) is 1. The number of hydrogen-bond acceptors (Lipinski definition) is 5. The van der Waals surface area contributed by atoms with Gasteiger partial charge in [-0.05, 0) is 57.1 Å². The van der Waals surface area contributed by atoms with Gasteiger partial charge in [0.05, 0.1) is 11.7 Å². The number of aromatic nitrogens is 4. The van der Waals surface area contributed by atoms with Crippen molar-refractivity contribution in [2.45, 2.75) is 57.3 Å². The summed E-state index contributed by atoms with van der Waals surface area (Å²) in [5, 5.41) is 7.98. The van der Waals surface area contributed by atoms with Gasteiger partial charge in [0.15, 0.2) is 5.82 Å². The maximum absolute atomic E-state index is 13.7. The zero-order valence-electron chi connectivity index (χ0n) is 19.4. The Labute approximate surface area is 198 Å². The second-order valence-electron chi connectivity index (χ2n) is 10.1. The summed E-state index contributed by atoms with van der Waals surface area (Å²) in [7, 11) is 0. The molecule has 2 unspecified atom stereocenters. The first kappa shape index (κ1) is 21.4. The van der Waals surface area contributed by atoms with Crippen LogP contribution in [0.1, 0.15) is 52.9 Å². The van der Waals surface area contributed by atoms with Crippen LogP contribution in [-0.2, 0) is 5.41 Å². The molecule has 6 nitrogen and oxygen atoms in total. The molecule has 0 amide bonds. The molecule has 8 heteroatoms. The molecule has 1 saturated carbocycles. The van der Waals surface area contributed by atoms with Gasteiger partial charge in [-0.1, -0.05) is 12.2 Å². The number of rotatable bonds is 5. The molecular formula is C26H30F2N6. The normalized spacial score (nSPS) is 25.8. The number of fused-ring (bicyclic) bond motifs is 2. The minimum Gasteiger partial charge on any atom is -0.352 e. The summed E-state index contributed by atoms with van der Waals surface area (Å²) in [5.41, 5.74) is 4.03. The fourth-order valence-electron chi connectivity index (χ4n) is 5.63. The average Bonchev–Trinajstić information content (AvgIpc) is 3.35. The number of nitrogens with zero attached hydrogens (tertiary/aromatic N) is 5. The van der Waals surface area contributed by atoms with E-state index in [2.05, 4.69) is 43.6 Å². The van der Waals surface area contributed by atoms with E-state index in [1.807, 2.05) is 36.8 Å². The second kappa shape index (κ2) is 7.68. The average molecular weight is 465 g/mol. The van der Waals surface area contributed by atoms with Crippen molar-refractivity contribution in [2.24, 2.45) is 16.8 Å². The van der Waals surface area contributed by atoms with Crippen LogP contribution >= 0.6 is 0 Å². The Morgan fingerprint density at radius 3 is 2.85 bits per heavy atom. The highest BCUT2D eigenvalue weighted by Crippen LogP contribution is 2.56. The van der Waals surface area contributed by atoms with Crippen LogP contribution in [0, 0.1) is 11.8 Å². The predicted molar refractivity (Wildman–Crippen MR) is 131 cm³/mol. The van der Waals surface area contributed by atoms with Crippen LogP contribution in [0.5, 0.6) is 0 Å². The lowest BCUT2D eigenvalue weighted by Crippen LogP contribution is -2.49. The molecule has 0 radical (unpaired) electrons. The number of anilines is 1. The van der Waals surface area contributed by atoms with Crippen molar-refractivity contribution in [1.82, 2.24) is 19.6 Å². The molecule has 3 aromatic heterocycles. The van der Waals surface area contributed by atoms with Gasteiger partial charge in [-0.3, -0.25) is 0 Å². The largest absolute Gasteiger partial charge is 0.352 e. The molecule has 34 heavy (non-hydrogen) atoms. The van der Waals surface area contributed by atoms with Crippen molar-refractivity contribution < 1.29 is 10.2 Å². The summed E-state index contributed by atoms with van der Waals surface area (Å²) in [6.45, 7) is 4.78. The van der Waals surface area contributed by atoms with E-state index < -0.39 is 11.3 Å². The summed E-state index contributed by atoms with van der Waals surface area (Å²) in [5.74, 6) is -0.950. The van der Waals surface area contributed by atoms with Gasteiger partial charge in [0.1, 0.15) is 0 Å². The SMILES string of the molecule is CC1=Nc2ncc(-c3ccn4nc(NCC5C=CCCC5)ncc34)cc2C1(C)C1CC(F)(F)C1.[HH]. The number of pyridine rings is 1. The van der Waals surface area contributed by atoms with Gasteiger partial charge in [-0.2, -0.15) is 0 Å². The molecule has 6 rings (SSSR count). The Kier molecular flexibility index (Phi) is 4.83. The van der Waals surface area contributed by atoms with E-state index in [4.69, 9.17) is 0 Å². The molecule has 0 aromatic carbocycles. The third-order valence-corrected chi connectivity index (χ3v) is 7.96. The van der Waals surface area contributed by atoms with Crippen molar-refractivity contribution in [1.29, 1.82) is 0 Å². The van der Waals surface area contributed by atoms with E-state index in [9.17, 15) is 8.78 Å². The molecular weight excluding hydrogens is 434 g/mol. The highest BCUT2D eigenvalue weighted by atomic mass is 19.3. The lowest BCUT2D eigenvalue weighted by atomic mass is 9.60. The lowest BCUT2D eigenvalue weighted by molar-refractivity contribution is -0.122. The molecule has 2 aliphatic carbocycles. The van der Waals surface area contributed by atoms with Gasteiger partial charge in [0.25, 0.3) is 0 Å². The fraction of sp³-hybridized carbons (Fsp3) is 0.462. The highest BCUT2D eigenvalue weighted by Gasteiger charge is 2.56. The Balaban J connectivity index is 0.00000253. The second-order valence-corrected chi connectivity index (χ2v) is 10.1. The number of alkyl halides is 2. The first-order chi connectivity index (χ1) is 16.3. The number of halogens is 2. The molecule has 1 aliphatic heterocycles. The zero-order valence-corrected chi connectivity index (χ0v) is 19.4. The molecule has 0 saturated heterocycles. The molecule has 1 N–H and O–H groups in total. The van der Waals surface area contributed by atoms with E-state index >= 15 is 0 Å². The van der Waals surface area contributed by atoms with Crippen LogP contribution < -0.4 is 5.32 Å². The van der Waals surface area contributed by atoms with Crippen LogP contribution in [0.25, 0.3) is 16.6 Å². The summed E-state index contributed by atoms with van der Waals surface area (Å²) in [6.07, 6.45) is 13.4. The van der Waals surface area contributed by atoms with E-state index in [1.165, 1.54) is 19.3 Å². The van der Waals surface area contributed by atoms with Crippen molar-refractivity contribution in [2.75, 3.05) is 11.9 Å². The fourth-order valence-corrected chi connectivity index (χ4v) is 5.63. The van der Waals surface area contributed by atoms with Crippen molar-refractivity contribution >= 4 is 23.0 Å². The molecule has 1 fully saturated rings. The van der Waals surface area contributed by atoms with E-state index in [-0.39, 0.29) is 20.2 Å². The number of nitrogens with one attached hydrogen (secondary N) is 1. The summed E-state index contributed by atoms with van der Waals surface area (Å²) in [4.78, 5) is 13.8. The van der Waals surface area contributed by atoms with Crippen LogP contribution in [-0.4, -0.2) is 37.8 Å². The van der Waals surface area contributed by atoms with Crippen molar-refractivity contribution in [3.8, 4) is 11.1 Å². The minimum atomic E-state index is -2.57. The van der Waals surface area contributed by atoms with Gasteiger partial charge >= 0.3 is 0 Å². The highest BCUT2D eigenvalue weighted by molar-refractivity contribution is 6.00. The lowest BCUT2D eigenvalue weighted by Gasteiger charge is -2.45. The zero-order chi connectivity index (χ0) is 23.5. The third kappa shape index (κ3) is 3.42. The standard InChI is InChI=1S/C26H28F2N6.H2/c1-16-25(2,19-11-26(27,28)12-19)21-10-18(14-29-23(21)32-16)20-8-9-34-22(20)15-31-24(33-34)30-13-17-6-4-3-5-7-17;/h4,6,8-10,14-15,17,19H,3,5,7,11-13H2,1-2H3,(H,30,33);1H. The van der Waals surface area contributed by atoms with Gasteiger partial charge in [-0.25, -0.2) is 28.3 Å². The molecule has 0 spiro atoms. The third-order valence-electron chi connectivity index (χ3n) is 7.96. The molecule has 2 atom stereocenters. The van der Waals surface area contributed by atoms with Crippen LogP contribution in [0.3, 0.4) is 0 Å². The first-order valence-electron chi connectivity index (χ1n) is 12.0. The summed E-state index contributed by atoms with van der Waals surface area (Å²) >= 11 is 0. The van der Waals surface area contributed by atoms with E-state index in [1.54, 1.807) is 6.20 Å². The minimum absolute atomic E-state index is 0. The monoisotopic (exact) mass is 464 g/mol. The van der Waals surface area contributed by atoms with Crippen LogP contribution in [0.15, 0.2) is 47.9 Å². The molecule has 0 bridgehead atoms. The Morgan fingerprint density at radius 2 is 2.09 bits per heavy atom. The van der Waals surface area contributed by atoms with Crippen molar-refractivity contribution in [3.63, 3.8) is 0 Å². The topological polar surface area (TPSA) is 67.5 Å². The maximum atomic E-state index is 13.7. The summed E-state index contributed by atoms with van der Waals surface area (Å²) in [6, 6.07) is 4.06. The molecule has 4 heterocycles. The van der Waals surface area contributed by atoms with Gasteiger partial charge in [0.2, 0.25) is 11.9 Å². The van der Waals surface area contributed by atoms with Gasteiger partial charge in [-0.15, -0.1) is 5.10 Å². The van der Waals surface area contributed by atoms with Gasteiger partial charge in [0, 0.05) is 61.0 Å². The van der Waals surface area contributed by atoms with Gasteiger partial charge < -0.3 is 5.32 Å². The van der Waals surface area contributed by atoms with Crippen LogP contribution in [0.2, 0.25) is 0 Å².